The highest BCUT2D eigenvalue weighted by atomic mass is 35.5. The van der Waals surface area contributed by atoms with Crippen LogP contribution in [0, 0.1) is 11.7 Å². The van der Waals surface area contributed by atoms with E-state index in [1.54, 1.807) is 0 Å². The molecule has 2 aliphatic rings. The molecule has 1 aliphatic heterocycles. The van der Waals surface area contributed by atoms with Crippen LogP contribution in [0.2, 0.25) is 10.0 Å². The number of nitrogens with one attached hydrogen (secondary N) is 1. The first-order valence-corrected chi connectivity index (χ1v) is 10.5. The standard InChI is InChI=1S/C20H24Cl2FN5/c21-17-2-1-3-18(19(17)22)28-8-6-27(7-9-28)5-4-14-10-16(11-14)26-20-24-12-15(23)13-25-20/h1-3,12-14,16H,4-11H2,(H,24,25,26). The molecule has 1 aliphatic carbocycles. The minimum atomic E-state index is -0.408. The third-order valence-corrected chi connectivity index (χ3v) is 6.50. The molecule has 0 bridgehead atoms. The van der Waals surface area contributed by atoms with Gasteiger partial charge in [-0.05, 0) is 43.9 Å². The van der Waals surface area contributed by atoms with E-state index in [0.29, 0.717) is 22.0 Å². The SMILES string of the molecule is Fc1cnc(NC2CC(CCN3CCN(c4cccc(Cl)c4Cl)CC3)C2)nc1. The number of hydrogen-bond acceptors (Lipinski definition) is 5. The predicted octanol–water partition coefficient (Wildman–Crippen LogP) is 4.33. The fraction of sp³-hybridized carbons (Fsp3) is 0.500. The molecule has 0 spiro atoms. The molecule has 2 heterocycles. The Morgan fingerprint density at radius 1 is 1.07 bits per heavy atom. The monoisotopic (exact) mass is 423 g/mol. The van der Waals surface area contributed by atoms with Crippen LogP contribution in [0.5, 0.6) is 0 Å². The zero-order valence-electron chi connectivity index (χ0n) is 15.6. The lowest BCUT2D eigenvalue weighted by molar-refractivity contribution is 0.195. The molecule has 8 heteroatoms. The smallest absolute Gasteiger partial charge is 0.222 e. The Morgan fingerprint density at radius 2 is 1.79 bits per heavy atom. The topological polar surface area (TPSA) is 44.3 Å². The molecule has 1 saturated carbocycles. The zero-order valence-corrected chi connectivity index (χ0v) is 17.1. The number of piperazine rings is 1. The van der Waals surface area contributed by atoms with Crippen LogP contribution in [-0.4, -0.2) is 53.6 Å². The van der Waals surface area contributed by atoms with Gasteiger partial charge in [0.1, 0.15) is 0 Å². The lowest BCUT2D eigenvalue weighted by Gasteiger charge is -2.39. The maximum Gasteiger partial charge on any atom is 0.222 e. The van der Waals surface area contributed by atoms with E-state index in [2.05, 4.69) is 25.1 Å². The second-order valence-corrected chi connectivity index (χ2v) is 8.38. The van der Waals surface area contributed by atoms with Crippen molar-refractivity contribution >= 4 is 34.8 Å². The van der Waals surface area contributed by atoms with E-state index in [0.717, 1.165) is 57.2 Å². The van der Waals surface area contributed by atoms with E-state index in [1.807, 2.05) is 18.2 Å². The summed E-state index contributed by atoms with van der Waals surface area (Å²) in [4.78, 5) is 12.8. The predicted molar refractivity (Wildman–Crippen MR) is 112 cm³/mol. The van der Waals surface area contributed by atoms with Gasteiger partial charge >= 0.3 is 0 Å². The highest BCUT2D eigenvalue weighted by molar-refractivity contribution is 6.43. The minimum Gasteiger partial charge on any atom is -0.368 e. The first-order chi connectivity index (χ1) is 13.6. The van der Waals surface area contributed by atoms with Crippen molar-refractivity contribution in [2.24, 2.45) is 5.92 Å². The number of nitrogens with zero attached hydrogens (tertiary/aromatic N) is 4. The van der Waals surface area contributed by atoms with Gasteiger partial charge in [-0.3, -0.25) is 4.90 Å². The molecule has 4 rings (SSSR count). The second kappa shape index (κ2) is 8.80. The molecule has 2 fully saturated rings. The molecule has 0 unspecified atom stereocenters. The van der Waals surface area contributed by atoms with Crippen LogP contribution in [0.15, 0.2) is 30.6 Å². The van der Waals surface area contributed by atoms with E-state index >= 15 is 0 Å². The van der Waals surface area contributed by atoms with E-state index in [9.17, 15) is 4.39 Å². The van der Waals surface area contributed by atoms with Crippen LogP contribution in [0.1, 0.15) is 19.3 Å². The summed E-state index contributed by atoms with van der Waals surface area (Å²) in [6.07, 6.45) is 5.85. The molecule has 2 aromatic rings. The van der Waals surface area contributed by atoms with Crippen molar-refractivity contribution in [3.63, 3.8) is 0 Å². The summed E-state index contributed by atoms with van der Waals surface area (Å²) in [5, 5.41) is 4.54. The van der Waals surface area contributed by atoms with Gasteiger partial charge in [-0.2, -0.15) is 0 Å². The number of benzene rings is 1. The highest BCUT2D eigenvalue weighted by Crippen LogP contribution is 2.34. The average molecular weight is 424 g/mol. The maximum atomic E-state index is 12.8. The van der Waals surface area contributed by atoms with Gasteiger partial charge in [-0.15, -0.1) is 0 Å². The van der Waals surface area contributed by atoms with Gasteiger partial charge in [0.2, 0.25) is 5.95 Å². The largest absolute Gasteiger partial charge is 0.368 e. The van der Waals surface area contributed by atoms with Crippen molar-refractivity contribution < 1.29 is 4.39 Å². The number of rotatable bonds is 6. The van der Waals surface area contributed by atoms with Crippen molar-refractivity contribution in [2.75, 3.05) is 42.9 Å². The molecule has 0 radical (unpaired) electrons. The normalized spacial score (nSPS) is 22.8. The van der Waals surface area contributed by atoms with Crippen LogP contribution in [0.4, 0.5) is 16.0 Å². The number of anilines is 2. The summed E-state index contributed by atoms with van der Waals surface area (Å²) in [6.45, 7) is 5.15. The summed E-state index contributed by atoms with van der Waals surface area (Å²) in [6, 6.07) is 6.22. The highest BCUT2D eigenvalue weighted by Gasteiger charge is 2.30. The Hall–Kier alpha value is -1.63. The fourth-order valence-electron chi connectivity index (χ4n) is 3.97. The Kier molecular flexibility index (Phi) is 6.19. The van der Waals surface area contributed by atoms with Crippen molar-refractivity contribution in [2.45, 2.75) is 25.3 Å². The summed E-state index contributed by atoms with van der Waals surface area (Å²) in [5.41, 5.74) is 1.03. The van der Waals surface area contributed by atoms with Gasteiger partial charge in [0.15, 0.2) is 5.82 Å². The summed E-state index contributed by atoms with van der Waals surface area (Å²) in [7, 11) is 0. The minimum absolute atomic E-state index is 0.400. The van der Waals surface area contributed by atoms with Gasteiger partial charge < -0.3 is 10.2 Å². The lowest BCUT2D eigenvalue weighted by Crippen LogP contribution is -2.47. The van der Waals surface area contributed by atoms with E-state index < -0.39 is 5.82 Å². The van der Waals surface area contributed by atoms with E-state index in [-0.39, 0.29) is 0 Å². The molecule has 1 N–H and O–H groups in total. The Balaban J connectivity index is 1.16. The quantitative estimate of drug-likeness (QED) is 0.748. The third kappa shape index (κ3) is 4.67. The number of halogens is 3. The van der Waals surface area contributed by atoms with Gasteiger partial charge in [-0.25, -0.2) is 14.4 Å². The van der Waals surface area contributed by atoms with Gasteiger partial charge in [0, 0.05) is 32.2 Å². The lowest BCUT2D eigenvalue weighted by atomic mass is 9.78. The van der Waals surface area contributed by atoms with Crippen molar-refractivity contribution in [1.29, 1.82) is 0 Å². The number of hydrogen-bond donors (Lipinski definition) is 1. The average Bonchev–Trinajstić information content (AvgIpc) is 2.68. The van der Waals surface area contributed by atoms with Crippen molar-refractivity contribution in [1.82, 2.24) is 14.9 Å². The number of aromatic nitrogens is 2. The molecule has 150 valence electrons. The van der Waals surface area contributed by atoms with Crippen LogP contribution < -0.4 is 10.2 Å². The first kappa shape index (κ1) is 19.7. The molecular weight excluding hydrogens is 400 g/mol. The van der Waals surface area contributed by atoms with Gasteiger partial charge in [0.25, 0.3) is 0 Å². The van der Waals surface area contributed by atoms with Crippen LogP contribution >= 0.6 is 23.2 Å². The van der Waals surface area contributed by atoms with Crippen molar-refractivity contribution in [3.05, 3.63) is 46.5 Å². The molecule has 1 aromatic carbocycles. The Labute approximate surface area is 174 Å². The Bertz CT molecular complexity index is 790. The first-order valence-electron chi connectivity index (χ1n) is 9.74. The van der Waals surface area contributed by atoms with E-state index in [4.69, 9.17) is 23.2 Å². The summed E-state index contributed by atoms with van der Waals surface area (Å²) < 4.78 is 12.8. The fourth-order valence-corrected chi connectivity index (χ4v) is 4.39. The summed E-state index contributed by atoms with van der Waals surface area (Å²) >= 11 is 12.5. The Morgan fingerprint density at radius 3 is 2.50 bits per heavy atom. The second-order valence-electron chi connectivity index (χ2n) is 7.59. The molecule has 1 aromatic heterocycles. The van der Waals surface area contributed by atoms with E-state index in [1.165, 1.54) is 18.8 Å². The van der Waals surface area contributed by atoms with Crippen LogP contribution in [0.25, 0.3) is 0 Å². The van der Waals surface area contributed by atoms with Gasteiger partial charge in [0.05, 0.1) is 28.1 Å². The third-order valence-electron chi connectivity index (χ3n) is 5.69. The molecule has 1 saturated heterocycles. The molecule has 5 nitrogen and oxygen atoms in total. The van der Waals surface area contributed by atoms with Crippen molar-refractivity contribution in [3.8, 4) is 0 Å². The molecule has 0 amide bonds. The zero-order chi connectivity index (χ0) is 19.5. The van der Waals surface area contributed by atoms with Gasteiger partial charge in [-0.1, -0.05) is 29.3 Å². The molecule has 0 atom stereocenters. The van der Waals surface area contributed by atoms with Crippen LogP contribution in [0.3, 0.4) is 0 Å². The van der Waals surface area contributed by atoms with Crippen LogP contribution in [-0.2, 0) is 0 Å². The molecular formula is C20H24Cl2FN5. The molecule has 28 heavy (non-hydrogen) atoms. The summed E-state index contributed by atoms with van der Waals surface area (Å²) in [5.74, 6) is 0.841. The maximum absolute atomic E-state index is 12.8.